The first kappa shape index (κ1) is 36.2. The maximum absolute atomic E-state index is 12.2. The molecular weight excluding hydrogens is 662 g/mol. The average Bonchev–Trinajstić information content (AvgIpc) is 3.57. The van der Waals surface area contributed by atoms with Crippen molar-refractivity contribution >= 4 is 36.4 Å². The van der Waals surface area contributed by atoms with Crippen LogP contribution >= 0.6 is 0 Å². The molecule has 0 N–H and O–H groups in total. The van der Waals surface area contributed by atoms with Gasteiger partial charge in [-0.05, 0) is 36.1 Å². The molecule has 4 heteroatoms. The fraction of sp³-hybridized carbons (Fsp3) is 0.300. The van der Waals surface area contributed by atoms with Crippen LogP contribution in [0.2, 0.25) is 0 Å². The minimum atomic E-state index is -0.170. The van der Waals surface area contributed by atoms with E-state index in [4.69, 9.17) is 0 Å². The Kier molecular flexibility index (Phi) is 11.2. The molecule has 0 heterocycles. The zero-order chi connectivity index (χ0) is 30.6. The first-order chi connectivity index (χ1) is 19.7. The number of halogens is 3. The van der Waals surface area contributed by atoms with Crippen LogP contribution in [0.4, 0.5) is 4.39 Å². The molecule has 3 aliphatic rings. The monoisotopic (exact) mass is 700 g/mol. The molecule has 0 fully saturated rings. The number of fused-ring (bicyclic) bond motifs is 5. The van der Waals surface area contributed by atoms with Crippen molar-refractivity contribution in [3.05, 3.63) is 124 Å². The van der Waals surface area contributed by atoms with Crippen molar-refractivity contribution in [1.29, 1.82) is 0 Å². The molecule has 0 nitrogen and oxygen atoms in total. The topological polar surface area (TPSA) is 0 Å². The van der Waals surface area contributed by atoms with Gasteiger partial charge in [-0.15, -0.1) is 46.7 Å². The van der Waals surface area contributed by atoms with E-state index in [2.05, 4.69) is 117 Å². The second-order valence-electron chi connectivity index (χ2n) is 13.3. The summed E-state index contributed by atoms with van der Waals surface area (Å²) in [4.78, 5) is 0. The van der Waals surface area contributed by atoms with E-state index in [9.17, 15) is 4.39 Å². The van der Waals surface area contributed by atoms with Gasteiger partial charge in [-0.3, -0.25) is 6.08 Å². The maximum Gasteiger partial charge on any atom is -1.00 e. The molecule has 7 rings (SSSR count). The molecule has 0 aromatic heterocycles. The Hall–Kier alpha value is -2.25. The standard InChI is InChI=1S/C25H25.C8H11.C7H5F.2ClH.Zr/c1-14-12-24(3,4)22-8-16-7-17-9-23-19(15(2)13-25(23,5)6)11-21(17)20(16)10-18(14)22;1-6-4-7(2)8(3)5-6;1-6-2-4-7(8)5-3-6;;;/h7-13H,1-6H3;4,6H,1-3H3;1-5H;2*1H;/q2*-1;;;;+2/p-2. The van der Waals surface area contributed by atoms with Gasteiger partial charge >= 0.3 is 68.0 Å². The summed E-state index contributed by atoms with van der Waals surface area (Å²) in [6.45, 7) is 20.2. The minimum absolute atomic E-state index is 0. The van der Waals surface area contributed by atoms with Crippen molar-refractivity contribution in [1.82, 2.24) is 0 Å². The molecule has 0 aliphatic heterocycles. The van der Waals surface area contributed by atoms with Crippen molar-refractivity contribution in [2.24, 2.45) is 5.92 Å². The van der Waals surface area contributed by atoms with Crippen molar-refractivity contribution < 1.29 is 53.4 Å². The second kappa shape index (κ2) is 13.6. The molecule has 3 aliphatic carbocycles. The molecule has 0 saturated carbocycles. The first-order valence-corrected chi connectivity index (χ1v) is 16.3. The van der Waals surface area contributed by atoms with Gasteiger partial charge in [-0.1, -0.05) is 82.9 Å². The van der Waals surface area contributed by atoms with Gasteiger partial charge in [0.05, 0.1) is 0 Å². The van der Waals surface area contributed by atoms with E-state index in [0.717, 1.165) is 5.56 Å². The molecule has 1 atom stereocenters. The van der Waals surface area contributed by atoms with Gasteiger partial charge in [0.15, 0.2) is 0 Å². The van der Waals surface area contributed by atoms with Gasteiger partial charge in [0, 0.05) is 10.8 Å². The summed E-state index contributed by atoms with van der Waals surface area (Å²) in [7, 11) is 0. The zero-order valence-electron chi connectivity index (χ0n) is 27.2. The van der Waals surface area contributed by atoms with Gasteiger partial charge in [0.1, 0.15) is 0 Å². The van der Waals surface area contributed by atoms with E-state index < -0.39 is 0 Å². The van der Waals surface area contributed by atoms with Crippen molar-refractivity contribution in [2.75, 3.05) is 0 Å². The van der Waals surface area contributed by atoms with E-state index in [1.807, 2.05) is 3.71 Å². The van der Waals surface area contributed by atoms with Gasteiger partial charge in [-0.25, -0.2) is 11.1 Å². The fourth-order valence-corrected chi connectivity index (χ4v) is 7.25. The molecule has 0 spiro atoms. The second-order valence-corrected chi connectivity index (χ2v) is 14.0. The van der Waals surface area contributed by atoms with Crippen LogP contribution in [0.3, 0.4) is 0 Å². The summed E-state index contributed by atoms with van der Waals surface area (Å²) >= 11 is 1.34. The summed E-state index contributed by atoms with van der Waals surface area (Å²) < 4.78 is 14.2. The third-order valence-corrected chi connectivity index (χ3v) is 9.76. The Bertz CT molecular complexity index is 1730. The number of rotatable bonds is 1. The Morgan fingerprint density at radius 3 is 1.55 bits per heavy atom. The Labute approximate surface area is 290 Å². The Balaban J connectivity index is 0.000000231. The maximum atomic E-state index is 12.2. The summed E-state index contributed by atoms with van der Waals surface area (Å²) in [5.41, 5.74) is 12.7. The Morgan fingerprint density at radius 2 is 1.20 bits per heavy atom. The van der Waals surface area contributed by atoms with Crippen LogP contribution in [0.1, 0.15) is 90.1 Å². The summed E-state index contributed by atoms with van der Waals surface area (Å²) in [6.07, 6.45) is 10.3. The van der Waals surface area contributed by atoms with Crippen LogP contribution in [0.5, 0.6) is 0 Å². The molecule has 44 heavy (non-hydrogen) atoms. The summed E-state index contributed by atoms with van der Waals surface area (Å²) in [6, 6.07) is 18.6. The quantitative estimate of drug-likeness (QED) is 0.246. The van der Waals surface area contributed by atoms with Gasteiger partial charge in [0.25, 0.3) is 0 Å². The Morgan fingerprint density at radius 1 is 0.750 bits per heavy atom. The molecule has 1 unspecified atom stereocenters. The third kappa shape index (κ3) is 7.09. The third-order valence-electron chi connectivity index (χ3n) is 8.95. The molecule has 4 aromatic carbocycles. The van der Waals surface area contributed by atoms with Crippen LogP contribution in [0.15, 0.2) is 84.0 Å². The largest absolute Gasteiger partial charge is 1.00 e. The smallest absolute Gasteiger partial charge is 1.00 e. The predicted molar refractivity (Wildman–Crippen MR) is 177 cm³/mol. The van der Waals surface area contributed by atoms with Crippen molar-refractivity contribution in [2.45, 2.75) is 73.1 Å². The van der Waals surface area contributed by atoms with E-state index in [1.54, 1.807) is 12.1 Å². The first-order valence-electron chi connectivity index (χ1n) is 14.9. The number of allylic oxidation sites excluding steroid dienone is 8. The van der Waals surface area contributed by atoms with E-state index in [1.165, 1.54) is 102 Å². The molecule has 0 radical (unpaired) electrons. The van der Waals surface area contributed by atoms with Crippen molar-refractivity contribution in [3.8, 4) is 0 Å². The number of benzene rings is 3. The predicted octanol–water partition coefficient (Wildman–Crippen LogP) is 4.96. The van der Waals surface area contributed by atoms with Gasteiger partial charge in [-0.2, -0.15) is 6.08 Å². The molecular formula is C40H41Cl2FZr-2. The van der Waals surface area contributed by atoms with Gasteiger partial charge in [0.2, 0.25) is 0 Å². The van der Waals surface area contributed by atoms with Crippen LogP contribution in [0.25, 0.3) is 32.7 Å². The SMILES string of the molecule is CC1=CC(C)(C)c2cc3[cH-]c4cc5c(cc4c3cc21)C(C)=CC5(C)C.CC1=[C-]C(C)C=C1C.Fc1ccc([CH]=[Zr+2])cc1.[Cl-].[Cl-]. The molecule has 0 bridgehead atoms. The van der Waals surface area contributed by atoms with Crippen LogP contribution in [0, 0.1) is 17.8 Å². The fourth-order valence-electron chi connectivity index (χ4n) is 6.77. The van der Waals surface area contributed by atoms with Crippen LogP contribution in [-0.2, 0) is 35.1 Å². The number of hydrogen-bond acceptors (Lipinski definition) is 0. The van der Waals surface area contributed by atoms with Gasteiger partial charge < -0.3 is 24.8 Å². The van der Waals surface area contributed by atoms with E-state index in [0.29, 0.717) is 5.92 Å². The number of hydrogen-bond donors (Lipinski definition) is 0. The van der Waals surface area contributed by atoms with Crippen molar-refractivity contribution in [3.63, 3.8) is 0 Å². The average molecular weight is 703 g/mol. The van der Waals surface area contributed by atoms with Crippen LogP contribution in [-0.4, -0.2) is 3.71 Å². The molecule has 4 aromatic rings. The van der Waals surface area contributed by atoms with E-state index >= 15 is 0 Å². The zero-order valence-corrected chi connectivity index (χ0v) is 31.2. The van der Waals surface area contributed by atoms with Crippen LogP contribution < -0.4 is 24.8 Å². The summed E-state index contributed by atoms with van der Waals surface area (Å²) in [5, 5.41) is 5.57. The molecule has 0 amide bonds. The molecule has 228 valence electrons. The minimum Gasteiger partial charge on any atom is -1.00 e. The normalized spacial score (nSPS) is 18.2. The summed E-state index contributed by atoms with van der Waals surface area (Å²) in [5.74, 6) is 0.381. The molecule has 0 saturated heterocycles. The van der Waals surface area contributed by atoms with E-state index in [-0.39, 0.29) is 41.5 Å².